The number of piperidine rings is 1. The summed E-state index contributed by atoms with van der Waals surface area (Å²) in [6.45, 7) is 2.18. The quantitative estimate of drug-likeness (QED) is 0.807. The van der Waals surface area contributed by atoms with Crippen molar-refractivity contribution in [2.75, 3.05) is 31.7 Å². The molecule has 6 nitrogen and oxygen atoms in total. The largest absolute Gasteiger partial charge is 0.482 e. The third kappa shape index (κ3) is 6.58. The molecule has 7 heteroatoms. The van der Waals surface area contributed by atoms with Gasteiger partial charge in [0.15, 0.2) is 6.61 Å². The van der Waals surface area contributed by atoms with Crippen LogP contribution in [0, 0.1) is 5.92 Å². The Morgan fingerprint density at radius 1 is 1.35 bits per heavy atom. The number of carboxylic acid groups (broad SMARTS) is 1. The smallest absolute Gasteiger partial charge is 0.341 e. The molecule has 23 heavy (non-hydrogen) atoms. The molecule has 0 spiro atoms. The Kier molecular flexibility index (Phi) is 6.01. The summed E-state index contributed by atoms with van der Waals surface area (Å²) < 4.78 is 28.0. The summed E-state index contributed by atoms with van der Waals surface area (Å²) in [5.74, 6) is -0.00756. The summed E-state index contributed by atoms with van der Waals surface area (Å²) in [5, 5.41) is 8.58. The maximum absolute atomic E-state index is 11.4. The number of hydrogen-bond acceptors (Lipinski definition) is 5. The topological polar surface area (TPSA) is 83.9 Å². The van der Waals surface area contributed by atoms with Crippen LogP contribution in [0.2, 0.25) is 0 Å². The molecular weight excluding hydrogens is 318 g/mol. The van der Waals surface area contributed by atoms with E-state index in [1.54, 1.807) is 12.1 Å². The average Bonchev–Trinajstić information content (AvgIpc) is 2.45. The van der Waals surface area contributed by atoms with Gasteiger partial charge in [0.2, 0.25) is 0 Å². The van der Waals surface area contributed by atoms with E-state index in [9.17, 15) is 13.2 Å². The van der Waals surface area contributed by atoms with E-state index in [0.29, 0.717) is 5.75 Å². The molecule has 1 aliphatic rings. The number of aliphatic carboxylic acids is 1. The lowest BCUT2D eigenvalue weighted by Gasteiger charge is -2.32. The van der Waals surface area contributed by atoms with Crippen LogP contribution in [0.4, 0.5) is 0 Å². The van der Waals surface area contributed by atoms with Gasteiger partial charge in [0.1, 0.15) is 15.6 Å². The highest BCUT2D eigenvalue weighted by atomic mass is 32.2. The number of likely N-dealkylation sites (tertiary alicyclic amines) is 1. The van der Waals surface area contributed by atoms with E-state index in [4.69, 9.17) is 9.84 Å². The Morgan fingerprint density at radius 3 is 2.65 bits per heavy atom. The Hall–Kier alpha value is -1.60. The number of carbonyl (C=O) groups is 1. The predicted octanol–water partition coefficient (Wildman–Crippen LogP) is 1.41. The molecule has 0 aliphatic carbocycles. The molecule has 1 atom stereocenters. The Labute approximate surface area is 137 Å². The molecule has 1 aliphatic heterocycles. The van der Waals surface area contributed by atoms with Gasteiger partial charge in [0.05, 0.1) is 5.75 Å². The maximum Gasteiger partial charge on any atom is 0.341 e. The lowest BCUT2D eigenvalue weighted by atomic mass is 9.99. The molecule has 0 unspecified atom stereocenters. The molecule has 0 radical (unpaired) electrons. The van der Waals surface area contributed by atoms with Crippen LogP contribution in [-0.4, -0.2) is 56.1 Å². The summed E-state index contributed by atoms with van der Waals surface area (Å²) in [5.41, 5.74) is 1.10. The van der Waals surface area contributed by atoms with E-state index in [-0.39, 0.29) is 18.3 Å². The molecule has 0 aromatic heterocycles. The van der Waals surface area contributed by atoms with Crippen LogP contribution in [0.3, 0.4) is 0 Å². The lowest BCUT2D eigenvalue weighted by Crippen LogP contribution is -2.37. The third-order valence-corrected chi connectivity index (χ3v) is 4.91. The van der Waals surface area contributed by atoms with Crippen LogP contribution in [0.25, 0.3) is 0 Å². The standard InChI is InChI=1S/C16H23NO5S/c1-23(20,21)12-14-3-2-8-17(10-14)9-13-4-6-15(7-5-13)22-11-16(18)19/h4-7,14H,2-3,8-12H2,1H3,(H,18,19)/t14-/m1/s1. The molecule has 1 aromatic rings. The van der Waals surface area contributed by atoms with Gasteiger partial charge in [-0.15, -0.1) is 0 Å². The van der Waals surface area contributed by atoms with Gasteiger partial charge in [-0.25, -0.2) is 13.2 Å². The zero-order valence-electron chi connectivity index (χ0n) is 13.3. The monoisotopic (exact) mass is 341 g/mol. The molecule has 1 fully saturated rings. The van der Waals surface area contributed by atoms with Gasteiger partial charge < -0.3 is 9.84 Å². The minimum atomic E-state index is -2.93. The number of hydrogen-bond donors (Lipinski definition) is 1. The van der Waals surface area contributed by atoms with Gasteiger partial charge in [0.25, 0.3) is 0 Å². The first kappa shape index (κ1) is 17.7. The van der Waals surface area contributed by atoms with Crippen molar-refractivity contribution in [1.29, 1.82) is 0 Å². The number of ether oxygens (including phenoxy) is 1. The fourth-order valence-corrected chi connectivity index (χ4v) is 4.08. The molecule has 0 saturated carbocycles. The summed E-state index contributed by atoms with van der Waals surface area (Å²) in [6.07, 6.45) is 3.27. The minimum absolute atomic E-state index is 0.205. The normalized spacial score (nSPS) is 19.4. The van der Waals surface area contributed by atoms with Crippen molar-refractivity contribution in [3.05, 3.63) is 29.8 Å². The van der Waals surface area contributed by atoms with Crippen LogP contribution in [0.5, 0.6) is 5.75 Å². The number of nitrogens with zero attached hydrogens (tertiary/aromatic N) is 1. The molecule has 128 valence electrons. The first-order valence-corrected chi connectivity index (χ1v) is 9.71. The van der Waals surface area contributed by atoms with Crippen LogP contribution in [-0.2, 0) is 21.2 Å². The van der Waals surface area contributed by atoms with E-state index >= 15 is 0 Å². The maximum atomic E-state index is 11.4. The van der Waals surface area contributed by atoms with Gasteiger partial charge in [0, 0.05) is 19.3 Å². The van der Waals surface area contributed by atoms with Gasteiger partial charge in [-0.2, -0.15) is 0 Å². The van der Waals surface area contributed by atoms with Gasteiger partial charge in [-0.3, -0.25) is 4.90 Å². The van der Waals surface area contributed by atoms with Crippen molar-refractivity contribution in [3.8, 4) is 5.75 Å². The SMILES string of the molecule is CS(=O)(=O)C[C@@H]1CCCN(Cc2ccc(OCC(=O)O)cc2)C1. The van der Waals surface area contributed by atoms with E-state index in [0.717, 1.165) is 38.0 Å². The van der Waals surface area contributed by atoms with Crippen molar-refractivity contribution < 1.29 is 23.1 Å². The number of benzene rings is 1. The van der Waals surface area contributed by atoms with Gasteiger partial charge >= 0.3 is 5.97 Å². The van der Waals surface area contributed by atoms with Crippen molar-refractivity contribution in [2.24, 2.45) is 5.92 Å². The van der Waals surface area contributed by atoms with Crippen LogP contribution < -0.4 is 4.74 Å². The third-order valence-electron chi connectivity index (χ3n) is 3.83. The zero-order chi connectivity index (χ0) is 16.9. The molecule has 1 aromatic carbocycles. The second-order valence-corrected chi connectivity index (χ2v) is 8.35. The van der Waals surface area contributed by atoms with Gasteiger partial charge in [-0.05, 0) is 43.0 Å². The van der Waals surface area contributed by atoms with Crippen LogP contribution >= 0.6 is 0 Å². The van der Waals surface area contributed by atoms with Gasteiger partial charge in [-0.1, -0.05) is 12.1 Å². The molecule has 1 saturated heterocycles. The highest BCUT2D eigenvalue weighted by molar-refractivity contribution is 7.90. The molecule has 0 amide bonds. The Bertz CT molecular complexity index is 626. The van der Waals surface area contributed by atoms with E-state index in [1.165, 1.54) is 6.26 Å². The number of carboxylic acids is 1. The second-order valence-electron chi connectivity index (χ2n) is 6.16. The number of sulfone groups is 1. The summed E-state index contributed by atoms with van der Waals surface area (Å²) >= 11 is 0. The van der Waals surface area contributed by atoms with E-state index in [1.807, 2.05) is 12.1 Å². The fourth-order valence-electron chi connectivity index (χ4n) is 2.95. The number of rotatable bonds is 7. The van der Waals surface area contributed by atoms with Crippen LogP contribution in [0.15, 0.2) is 24.3 Å². The highest BCUT2D eigenvalue weighted by Crippen LogP contribution is 2.21. The first-order valence-electron chi connectivity index (χ1n) is 7.65. The molecule has 0 bridgehead atoms. The average molecular weight is 341 g/mol. The second kappa shape index (κ2) is 7.79. The molecule has 2 rings (SSSR count). The van der Waals surface area contributed by atoms with E-state index in [2.05, 4.69) is 4.90 Å². The first-order chi connectivity index (χ1) is 10.8. The molecular formula is C16H23NO5S. The van der Waals surface area contributed by atoms with Crippen molar-refractivity contribution in [2.45, 2.75) is 19.4 Å². The van der Waals surface area contributed by atoms with Crippen molar-refractivity contribution in [3.63, 3.8) is 0 Å². The summed E-state index contributed by atoms with van der Waals surface area (Å²) in [4.78, 5) is 12.7. The predicted molar refractivity (Wildman–Crippen MR) is 87.3 cm³/mol. The van der Waals surface area contributed by atoms with Crippen molar-refractivity contribution in [1.82, 2.24) is 4.90 Å². The highest BCUT2D eigenvalue weighted by Gasteiger charge is 2.23. The lowest BCUT2D eigenvalue weighted by molar-refractivity contribution is -0.139. The summed E-state index contributed by atoms with van der Waals surface area (Å²) in [6, 6.07) is 7.35. The van der Waals surface area contributed by atoms with Crippen LogP contribution in [0.1, 0.15) is 18.4 Å². The minimum Gasteiger partial charge on any atom is -0.482 e. The Morgan fingerprint density at radius 2 is 2.04 bits per heavy atom. The summed E-state index contributed by atoms with van der Waals surface area (Å²) in [7, 11) is -2.93. The zero-order valence-corrected chi connectivity index (χ0v) is 14.1. The Balaban J connectivity index is 1.87. The molecule has 1 heterocycles. The van der Waals surface area contributed by atoms with Crippen molar-refractivity contribution >= 4 is 15.8 Å². The fraction of sp³-hybridized carbons (Fsp3) is 0.562. The molecule has 1 N–H and O–H groups in total. The van der Waals surface area contributed by atoms with E-state index < -0.39 is 15.8 Å².